The minimum absolute atomic E-state index is 0.0652. The third kappa shape index (κ3) is 4.14. The van der Waals surface area contributed by atoms with Crippen molar-refractivity contribution in [3.05, 3.63) is 151 Å². The summed E-state index contributed by atoms with van der Waals surface area (Å²) in [5, 5.41) is 2.50. The summed E-state index contributed by atoms with van der Waals surface area (Å²) in [7, 11) is 0. The average molecular weight is 608 g/mol. The molecule has 0 bridgehead atoms. The standard InChI is InChI=1S/C42H29N3S/c1-42(2)34-19-11-9-17-30(34)31-22-21-28(25-35(31)42)29-23-24-33(38-37(29)32-18-10-12-20-36(32)46-38)41-44-39(26-13-5-3-6-14-26)43-40(45-41)27-15-7-4-8-16-27/h3-25H,1-2H3. The lowest BCUT2D eigenvalue weighted by Crippen LogP contribution is -2.14. The van der Waals surface area contributed by atoms with Crippen molar-refractivity contribution < 1.29 is 0 Å². The van der Waals surface area contributed by atoms with Gasteiger partial charge in [-0.3, -0.25) is 0 Å². The second-order valence-corrected chi connectivity index (χ2v) is 13.5. The van der Waals surface area contributed by atoms with Crippen LogP contribution >= 0.6 is 11.3 Å². The van der Waals surface area contributed by atoms with Gasteiger partial charge < -0.3 is 0 Å². The van der Waals surface area contributed by atoms with Crippen molar-refractivity contribution in [1.29, 1.82) is 0 Å². The first-order valence-corrected chi connectivity index (χ1v) is 16.4. The van der Waals surface area contributed by atoms with Crippen LogP contribution in [0.3, 0.4) is 0 Å². The van der Waals surface area contributed by atoms with E-state index in [0.29, 0.717) is 17.5 Å². The maximum absolute atomic E-state index is 5.10. The summed E-state index contributed by atoms with van der Waals surface area (Å²) in [5.74, 6) is 2.02. The minimum atomic E-state index is -0.0652. The lowest BCUT2D eigenvalue weighted by atomic mass is 9.81. The highest BCUT2D eigenvalue weighted by Gasteiger charge is 2.35. The summed E-state index contributed by atoms with van der Waals surface area (Å²) < 4.78 is 2.44. The Morgan fingerprint density at radius 3 is 1.76 bits per heavy atom. The van der Waals surface area contributed by atoms with Crippen LogP contribution in [0.2, 0.25) is 0 Å². The SMILES string of the molecule is CC1(C)c2ccccc2-c2ccc(-c3ccc(-c4nc(-c5ccccc5)nc(-c5ccccc5)n4)c4sc5ccccc5c34)cc21. The Morgan fingerprint density at radius 1 is 0.457 bits per heavy atom. The van der Waals surface area contributed by atoms with Crippen molar-refractivity contribution in [2.75, 3.05) is 0 Å². The third-order valence-corrected chi connectivity index (χ3v) is 10.6. The molecule has 2 aromatic heterocycles. The molecule has 0 saturated heterocycles. The molecule has 6 aromatic carbocycles. The molecule has 0 radical (unpaired) electrons. The molecule has 4 heteroatoms. The molecular weight excluding hydrogens is 579 g/mol. The van der Waals surface area contributed by atoms with Gasteiger partial charge in [0.15, 0.2) is 17.5 Å². The maximum atomic E-state index is 5.10. The van der Waals surface area contributed by atoms with E-state index < -0.39 is 0 Å². The zero-order chi connectivity index (χ0) is 30.8. The molecule has 0 fully saturated rings. The van der Waals surface area contributed by atoms with Crippen LogP contribution in [0.5, 0.6) is 0 Å². The molecule has 0 spiro atoms. The van der Waals surface area contributed by atoms with Gasteiger partial charge in [0.2, 0.25) is 0 Å². The summed E-state index contributed by atoms with van der Waals surface area (Å²) in [6.07, 6.45) is 0. The Balaban J connectivity index is 1.28. The van der Waals surface area contributed by atoms with Crippen LogP contribution in [0.15, 0.2) is 140 Å². The average Bonchev–Trinajstić information content (AvgIpc) is 3.61. The molecule has 9 rings (SSSR count). The van der Waals surface area contributed by atoms with E-state index in [1.54, 1.807) is 0 Å². The molecule has 218 valence electrons. The smallest absolute Gasteiger partial charge is 0.165 e. The van der Waals surface area contributed by atoms with Crippen LogP contribution in [-0.4, -0.2) is 15.0 Å². The van der Waals surface area contributed by atoms with Gasteiger partial charge >= 0.3 is 0 Å². The van der Waals surface area contributed by atoms with Gasteiger partial charge in [0.25, 0.3) is 0 Å². The van der Waals surface area contributed by atoms with Gasteiger partial charge in [-0.15, -0.1) is 11.3 Å². The van der Waals surface area contributed by atoms with Crippen LogP contribution in [0.4, 0.5) is 0 Å². The molecule has 1 aliphatic rings. The third-order valence-electron chi connectivity index (χ3n) is 9.36. The van der Waals surface area contributed by atoms with Crippen molar-refractivity contribution in [3.8, 4) is 56.4 Å². The van der Waals surface area contributed by atoms with E-state index in [-0.39, 0.29) is 5.41 Å². The van der Waals surface area contributed by atoms with Gasteiger partial charge in [-0.05, 0) is 51.6 Å². The van der Waals surface area contributed by atoms with Gasteiger partial charge in [-0.2, -0.15) is 0 Å². The Kier molecular flexibility index (Phi) is 6.02. The van der Waals surface area contributed by atoms with Crippen molar-refractivity contribution in [2.24, 2.45) is 0 Å². The molecule has 8 aromatic rings. The van der Waals surface area contributed by atoms with Gasteiger partial charge in [0.1, 0.15) is 0 Å². The fourth-order valence-corrected chi connectivity index (χ4v) is 8.28. The number of rotatable bonds is 4. The van der Waals surface area contributed by atoms with E-state index in [4.69, 9.17) is 15.0 Å². The number of nitrogens with zero attached hydrogens (tertiary/aromatic N) is 3. The largest absolute Gasteiger partial charge is 0.208 e. The molecular formula is C42H29N3S. The summed E-state index contributed by atoms with van der Waals surface area (Å²) in [4.78, 5) is 15.1. The highest BCUT2D eigenvalue weighted by atomic mass is 32.1. The van der Waals surface area contributed by atoms with Gasteiger partial charge in [0, 0.05) is 42.3 Å². The zero-order valence-electron chi connectivity index (χ0n) is 25.5. The number of thiophene rings is 1. The zero-order valence-corrected chi connectivity index (χ0v) is 26.3. The van der Waals surface area contributed by atoms with Crippen molar-refractivity contribution >= 4 is 31.5 Å². The summed E-state index contributed by atoms with van der Waals surface area (Å²) >= 11 is 1.81. The lowest BCUT2D eigenvalue weighted by Gasteiger charge is -2.22. The normalized spacial score (nSPS) is 13.2. The van der Waals surface area contributed by atoms with Crippen LogP contribution in [-0.2, 0) is 5.41 Å². The van der Waals surface area contributed by atoms with Crippen LogP contribution in [0.25, 0.3) is 76.6 Å². The van der Waals surface area contributed by atoms with Crippen LogP contribution in [0.1, 0.15) is 25.0 Å². The topological polar surface area (TPSA) is 38.7 Å². The molecule has 46 heavy (non-hydrogen) atoms. The summed E-state index contributed by atoms with van der Waals surface area (Å²) in [5.41, 5.74) is 10.8. The maximum Gasteiger partial charge on any atom is 0.165 e. The monoisotopic (exact) mass is 607 g/mol. The predicted molar refractivity (Wildman–Crippen MR) is 192 cm³/mol. The molecule has 0 atom stereocenters. The molecule has 0 amide bonds. The van der Waals surface area contributed by atoms with E-state index in [0.717, 1.165) is 16.7 Å². The number of hydrogen-bond acceptors (Lipinski definition) is 4. The molecule has 3 nitrogen and oxygen atoms in total. The Labute approximate surface area is 271 Å². The first-order valence-electron chi connectivity index (χ1n) is 15.6. The molecule has 0 saturated carbocycles. The second-order valence-electron chi connectivity index (χ2n) is 12.4. The second kappa shape index (κ2) is 10.3. The van der Waals surface area contributed by atoms with E-state index in [1.165, 1.54) is 53.6 Å². The fourth-order valence-electron chi connectivity index (χ4n) is 7.05. The number of aromatic nitrogens is 3. The lowest BCUT2D eigenvalue weighted by molar-refractivity contribution is 0.660. The molecule has 0 unspecified atom stereocenters. The molecule has 0 N–H and O–H groups in total. The van der Waals surface area contributed by atoms with Crippen LogP contribution in [0, 0.1) is 0 Å². The van der Waals surface area contributed by atoms with E-state index >= 15 is 0 Å². The minimum Gasteiger partial charge on any atom is -0.208 e. The van der Waals surface area contributed by atoms with E-state index in [2.05, 4.69) is 117 Å². The Hall–Kier alpha value is -5.45. The molecule has 2 heterocycles. The summed E-state index contributed by atoms with van der Waals surface area (Å²) in [6, 6.07) is 49.4. The van der Waals surface area contributed by atoms with E-state index in [9.17, 15) is 0 Å². The number of benzene rings is 6. The van der Waals surface area contributed by atoms with Gasteiger partial charge in [0.05, 0.1) is 0 Å². The van der Waals surface area contributed by atoms with Gasteiger partial charge in [-0.25, -0.2) is 15.0 Å². The molecule has 1 aliphatic carbocycles. The Bertz CT molecular complexity index is 2380. The van der Waals surface area contributed by atoms with Gasteiger partial charge in [-0.1, -0.05) is 135 Å². The number of hydrogen-bond donors (Lipinski definition) is 0. The predicted octanol–water partition coefficient (Wildman–Crippen LogP) is 11.2. The van der Waals surface area contributed by atoms with E-state index in [1.807, 2.05) is 47.7 Å². The first kappa shape index (κ1) is 26.9. The number of fused-ring (bicyclic) bond motifs is 6. The fraction of sp³-hybridized carbons (Fsp3) is 0.0714. The first-order chi connectivity index (χ1) is 22.6. The molecule has 0 aliphatic heterocycles. The Morgan fingerprint density at radius 2 is 1.02 bits per heavy atom. The highest BCUT2D eigenvalue weighted by molar-refractivity contribution is 7.26. The van der Waals surface area contributed by atoms with Crippen molar-refractivity contribution in [3.63, 3.8) is 0 Å². The van der Waals surface area contributed by atoms with Crippen LogP contribution < -0.4 is 0 Å². The summed E-state index contributed by atoms with van der Waals surface area (Å²) in [6.45, 7) is 4.69. The highest BCUT2D eigenvalue weighted by Crippen LogP contribution is 2.51. The quantitative estimate of drug-likeness (QED) is 0.200. The van der Waals surface area contributed by atoms with Crippen molar-refractivity contribution in [1.82, 2.24) is 15.0 Å². The van der Waals surface area contributed by atoms with Crippen molar-refractivity contribution in [2.45, 2.75) is 19.3 Å².